The third kappa shape index (κ3) is 2.82. The van der Waals surface area contributed by atoms with Crippen molar-refractivity contribution in [3.63, 3.8) is 0 Å². The fourth-order valence-corrected chi connectivity index (χ4v) is 3.91. The highest BCUT2D eigenvalue weighted by atomic mass is 16.2. The lowest BCUT2D eigenvalue weighted by molar-refractivity contribution is -0.135. The van der Waals surface area contributed by atoms with Crippen molar-refractivity contribution >= 4 is 11.6 Å². The highest BCUT2D eigenvalue weighted by molar-refractivity contribution is 5.77. The standard InChI is InChI=1S/C17H24N2O/c18-15-7-1-4-13(12-15)9-10-17(20)19-11-3-6-14-5-2-8-16(14)19/h1,4,7,12,14,16H,2-3,5-6,8-11,18H2. The first kappa shape index (κ1) is 13.5. The number of fused-ring (bicyclic) bond motifs is 1. The molecule has 2 aliphatic rings. The molecule has 3 rings (SSSR count). The summed E-state index contributed by atoms with van der Waals surface area (Å²) >= 11 is 0. The molecule has 2 fully saturated rings. The summed E-state index contributed by atoms with van der Waals surface area (Å²) in [4.78, 5) is 14.7. The Balaban J connectivity index is 1.58. The molecule has 20 heavy (non-hydrogen) atoms. The number of nitrogens with two attached hydrogens (primary N) is 1. The smallest absolute Gasteiger partial charge is 0.223 e. The summed E-state index contributed by atoms with van der Waals surface area (Å²) in [6.07, 6.45) is 7.77. The van der Waals surface area contributed by atoms with Crippen molar-refractivity contribution < 1.29 is 4.79 Å². The van der Waals surface area contributed by atoms with Crippen molar-refractivity contribution in [2.24, 2.45) is 5.92 Å². The Morgan fingerprint density at radius 3 is 2.95 bits per heavy atom. The second kappa shape index (κ2) is 5.86. The molecule has 3 heteroatoms. The average molecular weight is 272 g/mol. The molecule has 1 saturated carbocycles. The van der Waals surface area contributed by atoms with Crippen molar-refractivity contribution in [3.8, 4) is 0 Å². The molecule has 1 amide bonds. The third-order valence-corrected chi connectivity index (χ3v) is 4.89. The monoisotopic (exact) mass is 272 g/mol. The molecule has 1 aromatic rings. The Bertz CT molecular complexity index is 486. The Kier molecular flexibility index (Phi) is 3.95. The van der Waals surface area contributed by atoms with Gasteiger partial charge in [0.15, 0.2) is 0 Å². The van der Waals surface area contributed by atoms with Crippen molar-refractivity contribution in [1.29, 1.82) is 0 Å². The number of hydrogen-bond acceptors (Lipinski definition) is 2. The van der Waals surface area contributed by atoms with Crippen LogP contribution in [0.3, 0.4) is 0 Å². The van der Waals surface area contributed by atoms with E-state index in [2.05, 4.69) is 11.0 Å². The normalized spacial score (nSPS) is 25.5. The molecular formula is C17H24N2O. The number of anilines is 1. The van der Waals surface area contributed by atoms with Gasteiger partial charge in [-0.2, -0.15) is 0 Å². The van der Waals surface area contributed by atoms with Crippen LogP contribution in [0.2, 0.25) is 0 Å². The van der Waals surface area contributed by atoms with Gasteiger partial charge >= 0.3 is 0 Å². The summed E-state index contributed by atoms with van der Waals surface area (Å²) in [6, 6.07) is 8.42. The molecule has 1 heterocycles. The molecule has 3 nitrogen and oxygen atoms in total. The molecule has 2 atom stereocenters. The highest BCUT2D eigenvalue weighted by Crippen LogP contribution is 2.37. The molecule has 1 aromatic carbocycles. The van der Waals surface area contributed by atoms with Crippen LogP contribution in [0.1, 0.15) is 44.1 Å². The van der Waals surface area contributed by atoms with Crippen LogP contribution in [0.15, 0.2) is 24.3 Å². The fraction of sp³-hybridized carbons (Fsp3) is 0.588. The van der Waals surface area contributed by atoms with Gasteiger partial charge in [0.25, 0.3) is 0 Å². The van der Waals surface area contributed by atoms with Crippen LogP contribution in [0, 0.1) is 5.92 Å². The van der Waals surface area contributed by atoms with Gasteiger partial charge in [-0.25, -0.2) is 0 Å². The molecule has 108 valence electrons. The van der Waals surface area contributed by atoms with E-state index in [0.717, 1.165) is 24.6 Å². The molecule has 2 N–H and O–H groups in total. The molecule has 0 spiro atoms. The van der Waals surface area contributed by atoms with Gasteiger partial charge in [0.2, 0.25) is 5.91 Å². The van der Waals surface area contributed by atoms with E-state index in [-0.39, 0.29) is 0 Å². The predicted molar refractivity (Wildman–Crippen MR) is 81.3 cm³/mol. The van der Waals surface area contributed by atoms with E-state index >= 15 is 0 Å². The van der Waals surface area contributed by atoms with Gasteiger partial charge < -0.3 is 10.6 Å². The van der Waals surface area contributed by atoms with Crippen molar-refractivity contribution in [3.05, 3.63) is 29.8 Å². The van der Waals surface area contributed by atoms with Crippen LogP contribution < -0.4 is 5.73 Å². The van der Waals surface area contributed by atoms with Gasteiger partial charge in [-0.15, -0.1) is 0 Å². The van der Waals surface area contributed by atoms with E-state index in [0.29, 0.717) is 18.4 Å². The molecule has 0 bridgehead atoms. The Morgan fingerprint density at radius 1 is 1.25 bits per heavy atom. The van der Waals surface area contributed by atoms with E-state index in [4.69, 9.17) is 5.73 Å². The number of aryl methyl sites for hydroxylation is 1. The van der Waals surface area contributed by atoms with Crippen LogP contribution in [0.5, 0.6) is 0 Å². The minimum Gasteiger partial charge on any atom is -0.399 e. The topological polar surface area (TPSA) is 46.3 Å². The highest BCUT2D eigenvalue weighted by Gasteiger charge is 2.36. The summed E-state index contributed by atoms with van der Waals surface area (Å²) in [5.74, 6) is 1.11. The van der Waals surface area contributed by atoms with Crippen molar-refractivity contribution in [1.82, 2.24) is 4.90 Å². The van der Waals surface area contributed by atoms with E-state index in [1.54, 1.807) is 0 Å². The summed E-state index contributed by atoms with van der Waals surface area (Å²) in [5, 5.41) is 0. The first-order chi connectivity index (χ1) is 9.74. The zero-order chi connectivity index (χ0) is 13.9. The van der Waals surface area contributed by atoms with E-state index < -0.39 is 0 Å². The number of nitrogen functional groups attached to an aromatic ring is 1. The number of nitrogens with zero attached hydrogens (tertiary/aromatic N) is 1. The molecule has 2 unspecified atom stereocenters. The van der Waals surface area contributed by atoms with Crippen LogP contribution in [0.25, 0.3) is 0 Å². The molecule has 1 aliphatic heterocycles. The maximum atomic E-state index is 12.5. The SMILES string of the molecule is Nc1cccc(CCC(=O)N2CCCC3CCCC32)c1. The maximum Gasteiger partial charge on any atom is 0.223 e. The third-order valence-electron chi connectivity index (χ3n) is 4.89. The van der Waals surface area contributed by atoms with Gasteiger partial charge in [0, 0.05) is 24.7 Å². The van der Waals surface area contributed by atoms with Crippen LogP contribution >= 0.6 is 0 Å². The van der Waals surface area contributed by atoms with E-state index in [1.165, 1.54) is 37.7 Å². The van der Waals surface area contributed by atoms with Crippen LogP contribution in [-0.4, -0.2) is 23.4 Å². The zero-order valence-electron chi connectivity index (χ0n) is 12.1. The molecule has 1 aliphatic carbocycles. The summed E-state index contributed by atoms with van der Waals surface area (Å²) in [7, 11) is 0. The first-order valence-electron chi connectivity index (χ1n) is 7.88. The van der Waals surface area contributed by atoms with Gasteiger partial charge in [0.05, 0.1) is 0 Å². The minimum atomic E-state index is 0.337. The predicted octanol–water partition coefficient (Wildman–Crippen LogP) is 2.99. The largest absolute Gasteiger partial charge is 0.399 e. The molecular weight excluding hydrogens is 248 g/mol. The van der Waals surface area contributed by atoms with Gasteiger partial charge in [-0.3, -0.25) is 4.79 Å². The second-order valence-electron chi connectivity index (χ2n) is 6.23. The van der Waals surface area contributed by atoms with E-state index in [1.807, 2.05) is 18.2 Å². The first-order valence-corrected chi connectivity index (χ1v) is 7.88. The molecule has 0 radical (unpaired) electrons. The zero-order valence-corrected chi connectivity index (χ0v) is 12.1. The lowest BCUT2D eigenvalue weighted by atomic mass is 9.91. The van der Waals surface area contributed by atoms with Crippen molar-refractivity contribution in [2.45, 2.75) is 51.0 Å². The number of amides is 1. The number of rotatable bonds is 3. The minimum absolute atomic E-state index is 0.337. The lowest BCUT2D eigenvalue weighted by Gasteiger charge is -2.38. The molecule has 1 saturated heterocycles. The van der Waals surface area contributed by atoms with Gasteiger partial charge in [-0.1, -0.05) is 18.6 Å². The van der Waals surface area contributed by atoms with E-state index in [9.17, 15) is 4.79 Å². The van der Waals surface area contributed by atoms with Crippen molar-refractivity contribution in [2.75, 3.05) is 12.3 Å². The number of carbonyl (C=O) groups excluding carboxylic acids is 1. The summed E-state index contributed by atoms with van der Waals surface area (Å²) in [6.45, 7) is 0.969. The maximum absolute atomic E-state index is 12.5. The van der Waals surface area contributed by atoms with Gasteiger partial charge in [0.1, 0.15) is 0 Å². The Hall–Kier alpha value is -1.51. The number of benzene rings is 1. The lowest BCUT2D eigenvalue weighted by Crippen LogP contribution is -2.46. The van der Waals surface area contributed by atoms with Crippen LogP contribution in [0.4, 0.5) is 5.69 Å². The number of likely N-dealkylation sites (tertiary alicyclic amines) is 1. The summed E-state index contributed by atoms with van der Waals surface area (Å²) in [5.41, 5.74) is 7.73. The average Bonchev–Trinajstić information content (AvgIpc) is 2.93. The number of hydrogen-bond donors (Lipinski definition) is 1. The number of carbonyl (C=O) groups is 1. The van der Waals surface area contributed by atoms with Gasteiger partial charge in [-0.05, 0) is 55.7 Å². The summed E-state index contributed by atoms with van der Waals surface area (Å²) < 4.78 is 0. The second-order valence-corrected chi connectivity index (χ2v) is 6.23. The Morgan fingerprint density at radius 2 is 2.10 bits per heavy atom. The molecule has 0 aromatic heterocycles. The fourth-order valence-electron chi connectivity index (χ4n) is 3.91. The quantitative estimate of drug-likeness (QED) is 0.860. The number of piperidine rings is 1. The van der Waals surface area contributed by atoms with Crippen LogP contribution in [-0.2, 0) is 11.2 Å². The Labute approximate surface area is 121 Å².